The fourth-order valence-corrected chi connectivity index (χ4v) is 1.47. The first kappa shape index (κ1) is 10.5. The van der Waals surface area contributed by atoms with Gasteiger partial charge in [-0.15, -0.1) is 0 Å². The van der Waals surface area contributed by atoms with E-state index in [1.165, 1.54) is 11.1 Å². The minimum Gasteiger partial charge on any atom is -0.384 e. The van der Waals surface area contributed by atoms with Crippen LogP contribution in [0.3, 0.4) is 0 Å². The standard InChI is InChI=1S/C13H15N3/c1-10-2-4-11(5-3-10)9-16-12-6-7-15-13(14)8-12/h2-8H,9H2,1H3,(H3,14,15,16). The van der Waals surface area contributed by atoms with Crippen LogP contribution in [-0.2, 0) is 6.54 Å². The number of benzene rings is 1. The van der Waals surface area contributed by atoms with Gasteiger partial charge in [0.05, 0.1) is 0 Å². The molecular weight excluding hydrogens is 198 g/mol. The van der Waals surface area contributed by atoms with Crippen LogP contribution in [0.1, 0.15) is 11.1 Å². The van der Waals surface area contributed by atoms with E-state index in [1.807, 2.05) is 12.1 Å². The van der Waals surface area contributed by atoms with Crippen molar-refractivity contribution in [3.63, 3.8) is 0 Å². The highest BCUT2D eigenvalue weighted by Gasteiger charge is 1.95. The Labute approximate surface area is 95.3 Å². The molecule has 2 rings (SSSR count). The molecule has 2 aromatic rings. The van der Waals surface area contributed by atoms with Crippen LogP contribution in [0.25, 0.3) is 0 Å². The van der Waals surface area contributed by atoms with Gasteiger partial charge in [-0.3, -0.25) is 0 Å². The molecule has 82 valence electrons. The molecule has 16 heavy (non-hydrogen) atoms. The largest absolute Gasteiger partial charge is 0.384 e. The Kier molecular flexibility index (Phi) is 3.05. The highest BCUT2D eigenvalue weighted by atomic mass is 14.9. The Bertz CT molecular complexity index is 463. The van der Waals surface area contributed by atoms with E-state index < -0.39 is 0 Å². The van der Waals surface area contributed by atoms with E-state index in [9.17, 15) is 0 Å². The first-order chi connectivity index (χ1) is 7.74. The zero-order valence-electron chi connectivity index (χ0n) is 9.27. The minimum absolute atomic E-state index is 0.536. The Morgan fingerprint density at radius 3 is 2.62 bits per heavy atom. The lowest BCUT2D eigenvalue weighted by atomic mass is 10.1. The molecule has 3 N–H and O–H groups in total. The molecule has 0 aliphatic rings. The van der Waals surface area contributed by atoms with Gasteiger partial charge >= 0.3 is 0 Å². The molecule has 3 nitrogen and oxygen atoms in total. The van der Waals surface area contributed by atoms with Crippen molar-refractivity contribution in [1.29, 1.82) is 0 Å². The molecule has 0 fully saturated rings. The van der Waals surface area contributed by atoms with E-state index in [2.05, 4.69) is 41.5 Å². The van der Waals surface area contributed by atoms with Crippen LogP contribution in [0.15, 0.2) is 42.6 Å². The summed E-state index contributed by atoms with van der Waals surface area (Å²) >= 11 is 0. The number of nitrogens with zero attached hydrogens (tertiary/aromatic N) is 1. The number of aryl methyl sites for hydroxylation is 1. The van der Waals surface area contributed by atoms with E-state index in [-0.39, 0.29) is 0 Å². The Balaban J connectivity index is 1.99. The molecule has 0 unspecified atom stereocenters. The lowest BCUT2D eigenvalue weighted by Crippen LogP contribution is -2.00. The van der Waals surface area contributed by atoms with Crippen LogP contribution >= 0.6 is 0 Å². The van der Waals surface area contributed by atoms with Crippen molar-refractivity contribution in [3.8, 4) is 0 Å². The van der Waals surface area contributed by atoms with Crippen molar-refractivity contribution < 1.29 is 0 Å². The van der Waals surface area contributed by atoms with Crippen LogP contribution in [0.4, 0.5) is 11.5 Å². The first-order valence-corrected chi connectivity index (χ1v) is 5.25. The average molecular weight is 213 g/mol. The lowest BCUT2D eigenvalue weighted by Gasteiger charge is -2.06. The third-order valence-electron chi connectivity index (χ3n) is 2.40. The molecule has 0 saturated carbocycles. The summed E-state index contributed by atoms with van der Waals surface area (Å²) in [6.07, 6.45) is 1.70. The van der Waals surface area contributed by atoms with Crippen molar-refractivity contribution in [2.45, 2.75) is 13.5 Å². The summed E-state index contributed by atoms with van der Waals surface area (Å²) < 4.78 is 0. The van der Waals surface area contributed by atoms with Gasteiger partial charge in [0, 0.05) is 24.5 Å². The van der Waals surface area contributed by atoms with Gasteiger partial charge in [-0.25, -0.2) is 4.98 Å². The summed E-state index contributed by atoms with van der Waals surface area (Å²) in [6.45, 7) is 2.88. The number of nitrogens with one attached hydrogen (secondary N) is 1. The molecule has 0 atom stereocenters. The van der Waals surface area contributed by atoms with Gasteiger partial charge in [0.2, 0.25) is 0 Å². The lowest BCUT2D eigenvalue weighted by molar-refractivity contribution is 1.14. The van der Waals surface area contributed by atoms with Crippen molar-refractivity contribution in [1.82, 2.24) is 4.98 Å². The smallest absolute Gasteiger partial charge is 0.125 e. The maximum atomic E-state index is 5.60. The summed E-state index contributed by atoms with van der Waals surface area (Å²) in [5.41, 5.74) is 9.12. The number of anilines is 2. The predicted molar refractivity (Wildman–Crippen MR) is 67.2 cm³/mol. The molecular formula is C13H15N3. The molecule has 0 aliphatic carbocycles. The fourth-order valence-electron chi connectivity index (χ4n) is 1.47. The molecule has 0 amide bonds. The number of pyridine rings is 1. The molecule has 1 aromatic carbocycles. The number of hydrogen-bond donors (Lipinski definition) is 2. The molecule has 0 radical (unpaired) electrons. The summed E-state index contributed by atoms with van der Waals surface area (Å²) in [6, 6.07) is 12.2. The van der Waals surface area contributed by atoms with Crippen molar-refractivity contribution >= 4 is 11.5 Å². The van der Waals surface area contributed by atoms with Gasteiger partial charge in [-0.1, -0.05) is 29.8 Å². The van der Waals surface area contributed by atoms with Crippen molar-refractivity contribution in [2.24, 2.45) is 0 Å². The van der Waals surface area contributed by atoms with Gasteiger partial charge in [0.15, 0.2) is 0 Å². The predicted octanol–water partition coefficient (Wildman–Crippen LogP) is 2.58. The fraction of sp³-hybridized carbons (Fsp3) is 0.154. The zero-order chi connectivity index (χ0) is 11.4. The van der Waals surface area contributed by atoms with E-state index in [4.69, 9.17) is 5.73 Å². The summed E-state index contributed by atoms with van der Waals surface area (Å²) in [5, 5.41) is 3.30. The van der Waals surface area contributed by atoms with E-state index in [0.29, 0.717) is 5.82 Å². The minimum atomic E-state index is 0.536. The highest BCUT2D eigenvalue weighted by Crippen LogP contribution is 2.11. The maximum absolute atomic E-state index is 5.60. The average Bonchev–Trinajstić information content (AvgIpc) is 2.28. The van der Waals surface area contributed by atoms with E-state index in [1.54, 1.807) is 6.20 Å². The van der Waals surface area contributed by atoms with Crippen LogP contribution < -0.4 is 11.1 Å². The number of aromatic nitrogens is 1. The van der Waals surface area contributed by atoms with E-state index >= 15 is 0 Å². The molecule has 1 aromatic heterocycles. The summed E-state index contributed by atoms with van der Waals surface area (Å²) in [4.78, 5) is 3.94. The monoisotopic (exact) mass is 213 g/mol. The maximum Gasteiger partial charge on any atom is 0.125 e. The Morgan fingerprint density at radius 2 is 1.94 bits per heavy atom. The number of rotatable bonds is 3. The topological polar surface area (TPSA) is 50.9 Å². The second kappa shape index (κ2) is 4.66. The van der Waals surface area contributed by atoms with Gasteiger partial charge in [-0.05, 0) is 18.6 Å². The van der Waals surface area contributed by atoms with Crippen molar-refractivity contribution in [3.05, 3.63) is 53.7 Å². The van der Waals surface area contributed by atoms with E-state index in [0.717, 1.165) is 12.2 Å². The Morgan fingerprint density at radius 1 is 1.19 bits per heavy atom. The van der Waals surface area contributed by atoms with Gasteiger partial charge in [0.25, 0.3) is 0 Å². The number of nitrogens with two attached hydrogens (primary N) is 1. The van der Waals surface area contributed by atoms with Crippen LogP contribution in [-0.4, -0.2) is 4.98 Å². The summed E-state index contributed by atoms with van der Waals surface area (Å²) in [7, 11) is 0. The van der Waals surface area contributed by atoms with Gasteiger partial charge < -0.3 is 11.1 Å². The normalized spacial score (nSPS) is 10.1. The second-order valence-corrected chi connectivity index (χ2v) is 3.81. The Hall–Kier alpha value is -2.03. The van der Waals surface area contributed by atoms with Crippen LogP contribution in [0.2, 0.25) is 0 Å². The quantitative estimate of drug-likeness (QED) is 0.824. The van der Waals surface area contributed by atoms with Crippen LogP contribution in [0, 0.1) is 6.92 Å². The zero-order valence-corrected chi connectivity index (χ0v) is 9.27. The van der Waals surface area contributed by atoms with Crippen LogP contribution in [0.5, 0.6) is 0 Å². The van der Waals surface area contributed by atoms with Gasteiger partial charge in [-0.2, -0.15) is 0 Å². The number of nitrogen functional groups attached to an aromatic ring is 1. The molecule has 1 heterocycles. The molecule has 0 saturated heterocycles. The molecule has 3 heteroatoms. The highest BCUT2D eigenvalue weighted by molar-refractivity contribution is 5.49. The number of hydrogen-bond acceptors (Lipinski definition) is 3. The second-order valence-electron chi connectivity index (χ2n) is 3.81. The first-order valence-electron chi connectivity index (χ1n) is 5.25. The SMILES string of the molecule is Cc1ccc(CNc2ccnc(N)c2)cc1. The summed E-state index contributed by atoms with van der Waals surface area (Å²) in [5.74, 6) is 0.536. The molecule has 0 aliphatic heterocycles. The third kappa shape index (κ3) is 2.73. The molecule has 0 spiro atoms. The van der Waals surface area contributed by atoms with Gasteiger partial charge in [0.1, 0.15) is 5.82 Å². The third-order valence-corrected chi connectivity index (χ3v) is 2.40. The molecule has 0 bridgehead atoms. The van der Waals surface area contributed by atoms with Crippen molar-refractivity contribution in [2.75, 3.05) is 11.1 Å².